The summed E-state index contributed by atoms with van der Waals surface area (Å²) in [6, 6.07) is 0. The monoisotopic (exact) mass is 151 g/mol. The highest BCUT2D eigenvalue weighted by Crippen LogP contribution is 2.28. The Kier molecular flexibility index (Phi) is 2.97. The molecule has 0 aromatic rings. The minimum atomic E-state index is 0.104. The zero-order chi connectivity index (χ0) is 8.10. The first-order valence-corrected chi connectivity index (χ1v) is 4.03. The van der Waals surface area contributed by atoms with E-state index in [1.807, 2.05) is 0 Å². The van der Waals surface area contributed by atoms with Gasteiger partial charge in [-0.25, -0.2) is 0 Å². The quantitative estimate of drug-likeness (QED) is 0.597. The minimum absolute atomic E-state index is 0.104. The van der Waals surface area contributed by atoms with Crippen molar-refractivity contribution >= 4 is 5.91 Å². The summed E-state index contributed by atoms with van der Waals surface area (Å²) in [7, 11) is 0. The molecule has 1 aliphatic rings. The molecule has 1 amide bonds. The van der Waals surface area contributed by atoms with Crippen LogP contribution in [0.25, 0.3) is 0 Å². The molecule has 1 rings (SSSR count). The summed E-state index contributed by atoms with van der Waals surface area (Å²) in [6.07, 6.45) is 9.37. The van der Waals surface area contributed by atoms with E-state index in [0.717, 1.165) is 0 Å². The fourth-order valence-corrected chi connectivity index (χ4v) is 1.18. The SMILES string of the molecule is C#CCNC(=O)CC1CCC1. The number of hydrogen-bond acceptors (Lipinski definition) is 1. The summed E-state index contributed by atoms with van der Waals surface area (Å²) in [6.45, 7) is 0.367. The van der Waals surface area contributed by atoms with Crippen molar-refractivity contribution in [2.24, 2.45) is 5.92 Å². The maximum atomic E-state index is 11.0. The largest absolute Gasteiger partial charge is 0.345 e. The Labute approximate surface area is 67.4 Å². The van der Waals surface area contributed by atoms with Gasteiger partial charge in [-0.2, -0.15) is 0 Å². The van der Waals surface area contributed by atoms with Crippen molar-refractivity contribution in [3.8, 4) is 12.3 Å². The van der Waals surface area contributed by atoms with Crippen molar-refractivity contribution in [2.45, 2.75) is 25.7 Å². The van der Waals surface area contributed by atoms with Gasteiger partial charge in [-0.1, -0.05) is 12.3 Å². The van der Waals surface area contributed by atoms with Gasteiger partial charge in [-0.3, -0.25) is 4.79 Å². The van der Waals surface area contributed by atoms with E-state index < -0.39 is 0 Å². The lowest BCUT2D eigenvalue weighted by atomic mass is 9.83. The molecule has 0 heterocycles. The van der Waals surface area contributed by atoms with Crippen LogP contribution in [0.15, 0.2) is 0 Å². The number of amides is 1. The summed E-state index contributed by atoms with van der Waals surface area (Å²) >= 11 is 0. The number of carbonyl (C=O) groups excluding carboxylic acids is 1. The van der Waals surface area contributed by atoms with E-state index in [4.69, 9.17) is 6.42 Å². The number of rotatable bonds is 3. The molecular weight excluding hydrogens is 138 g/mol. The van der Waals surface area contributed by atoms with E-state index in [1.165, 1.54) is 19.3 Å². The van der Waals surface area contributed by atoms with E-state index in [2.05, 4.69) is 11.2 Å². The predicted octanol–water partition coefficient (Wildman–Crippen LogP) is 0.926. The number of hydrogen-bond donors (Lipinski definition) is 1. The van der Waals surface area contributed by atoms with Crippen LogP contribution < -0.4 is 5.32 Å². The van der Waals surface area contributed by atoms with Gasteiger partial charge in [0.05, 0.1) is 6.54 Å². The van der Waals surface area contributed by atoms with E-state index >= 15 is 0 Å². The third kappa shape index (κ3) is 2.63. The van der Waals surface area contributed by atoms with E-state index in [-0.39, 0.29) is 5.91 Å². The van der Waals surface area contributed by atoms with Crippen molar-refractivity contribution in [2.75, 3.05) is 6.54 Å². The standard InChI is InChI=1S/C9H13NO/c1-2-6-10-9(11)7-8-4-3-5-8/h1,8H,3-7H2,(H,10,11). The molecule has 60 valence electrons. The molecule has 11 heavy (non-hydrogen) atoms. The lowest BCUT2D eigenvalue weighted by molar-refractivity contribution is -0.122. The van der Waals surface area contributed by atoms with Crippen LogP contribution in [0.4, 0.5) is 0 Å². The topological polar surface area (TPSA) is 29.1 Å². The minimum Gasteiger partial charge on any atom is -0.345 e. The molecule has 1 fully saturated rings. The first kappa shape index (κ1) is 8.13. The predicted molar refractivity (Wildman–Crippen MR) is 43.8 cm³/mol. The Hall–Kier alpha value is -0.970. The Morgan fingerprint density at radius 3 is 2.82 bits per heavy atom. The molecule has 2 heteroatoms. The van der Waals surface area contributed by atoms with Gasteiger partial charge in [0.1, 0.15) is 0 Å². The molecule has 0 radical (unpaired) electrons. The zero-order valence-corrected chi connectivity index (χ0v) is 6.60. The lowest BCUT2D eigenvalue weighted by Crippen LogP contribution is -2.27. The molecule has 0 unspecified atom stereocenters. The third-order valence-corrected chi connectivity index (χ3v) is 2.09. The van der Waals surface area contributed by atoms with Crippen LogP contribution in [-0.2, 0) is 4.79 Å². The second-order valence-corrected chi connectivity index (χ2v) is 2.98. The number of carbonyl (C=O) groups is 1. The summed E-state index contributed by atoms with van der Waals surface area (Å²) < 4.78 is 0. The maximum absolute atomic E-state index is 11.0. The van der Waals surface area contributed by atoms with Crippen LogP contribution in [-0.4, -0.2) is 12.5 Å². The van der Waals surface area contributed by atoms with Crippen LogP contribution >= 0.6 is 0 Å². The molecule has 0 aliphatic heterocycles. The van der Waals surface area contributed by atoms with Gasteiger partial charge < -0.3 is 5.32 Å². The molecule has 0 aromatic carbocycles. The highest BCUT2D eigenvalue weighted by molar-refractivity contribution is 5.76. The van der Waals surface area contributed by atoms with Gasteiger partial charge >= 0.3 is 0 Å². The van der Waals surface area contributed by atoms with Crippen molar-refractivity contribution in [1.29, 1.82) is 0 Å². The van der Waals surface area contributed by atoms with Gasteiger partial charge in [-0.15, -0.1) is 6.42 Å². The van der Waals surface area contributed by atoms with Gasteiger partial charge in [0.25, 0.3) is 0 Å². The van der Waals surface area contributed by atoms with Crippen LogP contribution in [0, 0.1) is 18.3 Å². The summed E-state index contributed by atoms with van der Waals surface area (Å²) in [5, 5.41) is 2.66. The Bertz CT molecular complexity index is 176. The molecule has 0 spiro atoms. The fourth-order valence-electron chi connectivity index (χ4n) is 1.18. The normalized spacial score (nSPS) is 16.6. The van der Waals surface area contributed by atoms with E-state index in [1.54, 1.807) is 0 Å². The van der Waals surface area contributed by atoms with Crippen molar-refractivity contribution in [1.82, 2.24) is 5.32 Å². The first-order valence-electron chi connectivity index (χ1n) is 4.03. The molecule has 0 aromatic heterocycles. The molecule has 0 atom stereocenters. The van der Waals surface area contributed by atoms with Crippen LogP contribution in [0.1, 0.15) is 25.7 Å². The van der Waals surface area contributed by atoms with Crippen LogP contribution in [0.3, 0.4) is 0 Å². The van der Waals surface area contributed by atoms with Crippen molar-refractivity contribution < 1.29 is 4.79 Å². The highest BCUT2D eigenvalue weighted by Gasteiger charge is 2.19. The second-order valence-electron chi connectivity index (χ2n) is 2.98. The maximum Gasteiger partial charge on any atom is 0.221 e. The van der Waals surface area contributed by atoms with E-state index in [9.17, 15) is 4.79 Å². The van der Waals surface area contributed by atoms with Gasteiger partial charge in [0, 0.05) is 6.42 Å². The lowest BCUT2D eigenvalue weighted by Gasteiger charge is -2.24. The van der Waals surface area contributed by atoms with Crippen LogP contribution in [0.5, 0.6) is 0 Å². The average Bonchev–Trinajstić information content (AvgIpc) is 1.93. The van der Waals surface area contributed by atoms with Crippen molar-refractivity contribution in [3.05, 3.63) is 0 Å². The molecule has 1 N–H and O–H groups in total. The second kappa shape index (κ2) is 4.02. The summed E-state index contributed by atoms with van der Waals surface area (Å²) in [5.41, 5.74) is 0. The molecule has 1 saturated carbocycles. The Morgan fingerprint density at radius 2 is 2.36 bits per heavy atom. The van der Waals surface area contributed by atoms with Crippen LogP contribution in [0.2, 0.25) is 0 Å². The Morgan fingerprint density at radius 1 is 1.64 bits per heavy atom. The fraction of sp³-hybridized carbons (Fsp3) is 0.667. The molecule has 2 nitrogen and oxygen atoms in total. The highest BCUT2D eigenvalue weighted by atomic mass is 16.1. The van der Waals surface area contributed by atoms with Gasteiger partial charge in [0.2, 0.25) is 5.91 Å². The molecular formula is C9H13NO. The zero-order valence-electron chi connectivity index (χ0n) is 6.60. The summed E-state index contributed by atoms with van der Waals surface area (Å²) in [5.74, 6) is 3.11. The Balaban J connectivity index is 2.06. The summed E-state index contributed by atoms with van der Waals surface area (Å²) in [4.78, 5) is 11.0. The van der Waals surface area contributed by atoms with Gasteiger partial charge in [0.15, 0.2) is 0 Å². The number of terminal acetylenes is 1. The van der Waals surface area contributed by atoms with Crippen molar-refractivity contribution in [3.63, 3.8) is 0 Å². The third-order valence-electron chi connectivity index (χ3n) is 2.09. The molecule has 0 saturated heterocycles. The molecule has 1 aliphatic carbocycles. The molecule has 0 bridgehead atoms. The van der Waals surface area contributed by atoms with E-state index in [0.29, 0.717) is 18.9 Å². The number of nitrogens with one attached hydrogen (secondary N) is 1. The smallest absolute Gasteiger partial charge is 0.221 e. The van der Waals surface area contributed by atoms with Gasteiger partial charge in [-0.05, 0) is 18.8 Å². The first-order chi connectivity index (χ1) is 5.33. The average molecular weight is 151 g/mol.